The molecule has 5 nitrogen and oxygen atoms in total. The molecule has 0 radical (unpaired) electrons. The van der Waals surface area contributed by atoms with E-state index >= 15 is 0 Å². The molecule has 20 heavy (non-hydrogen) atoms. The second-order valence-electron chi connectivity index (χ2n) is 4.25. The van der Waals surface area contributed by atoms with Crippen LogP contribution >= 0.6 is 0 Å². The lowest BCUT2D eigenvalue weighted by atomic mass is 10.1. The molecule has 0 saturated carbocycles. The van der Waals surface area contributed by atoms with Crippen LogP contribution in [-0.2, 0) is 0 Å². The van der Waals surface area contributed by atoms with E-state index < -0.39 is 5.97 Å². The molecule has 5 heteroatoms. The van der Waals surface area contributed by atoms with E-state index in [9.17, 15) is 9.59 Å². The van der Waals surface area contributed by atoms with Gasteiger partial charge in [-0.1, -0.05) is 12.2 Å². The van der Waals surface area contributed by atoms with Gasteiger partial charge in [0, 0.05) is 18.8 Å². The van der Waals surface area contributed by atoms with Crippen LogP contribution in [0.15, 0.2) is 43.5 Å². The Balaban J connectivity index is 2.86. The SMILES string of the molecule is C=CCN(CC=C)C(=O)Nc1ccc(C(=O)O)cc1C. The number of urea groups is 1. The Bertz CT molecular complexity index is 528. The number of amides is 2. The first-order valence-corrected chi connectivity index (χ1v) is 6.11. The fraction of sp³-hybridized carbons (Fsp3) is 0.200. The number of carboxylic acids is 1. The predicted octanol–water partition coefficient (Wildman–Crippen LogP) is 2.90. The number of aromatic carboxylic acids is 1. The molecule has 2 N–H and O–H groups in total. The third kappa shape index (κ3) is 3.98. The standard InChI is InChI=1S/C15H18N2O3/c1-4-8-17(9-5-2)15(20)16-13-7-6-12(14(18)19)10-11(13)3/h4-7,10H,1-2,8-9H2,3H3,(H,16,20)(H,18,19). The Hall–Kier alpha value is -2.56. The number of carboxylic acid groups (broad SMARTS) is 1. The largest absolute Gasteiger partial charge is 0.478 e. The summed E-state index contributed by atoms with van der Waals surface area (Å²) >= 11 is 0. The highest BCUT2D eigenvalue weighted by Gasteiger charge is 2.12. The maximum atomic E-state index is 12.1. The molecule has 2 amide bonds. The summed E-state index contributed by atoms with van der Waals surface area (Å²) in [6.45, 7) is 9.76. The van der Waals surface area contributed by atoms with E-state index in [0.29, 0.717) is 24.3 Å². The molecule has 0 aliphatic rings. The van der Waals surface area contributed by atoms with Crippen molar-refractivity contribution in [1.82, 2.24) is 4.90 Å². The highest BCUT2D eigenvalue weighted by molar-refractivity contribution is 5.92. The number of hydrogen-bond acceptors (Lipinski definition) is 2. The van der Waals surface area contributed by atoms with Crippen molar-refractivity contribution >= 4 is 17.7 Å². The minimum Gasteiger partial charge on any atom is -0.478 e. The molecule has 106 valence electrons. The van der Waals surface area contributed by atoms with Gasteiger partial charge >= 0.3 is 12.0 Å². The molecule has 0 heterocycles. The number of benzene rings is 1. The van der Waals surface area contributed by atoms with Gasteiger partial charge in [-0.25, -0.2) is 9.59 Å². The molecule has 0 unspecified atom stereocenters. The molecule has 1 aromatic rings. The van der Waals surface area contributed by atoms with Crippen molar-refractivity contribution < 1.29 is 14.7 Å². The van der Waals surface area contributed by atoms with Crippen LogP contribution in [0.2, 0.25) is 0 Å². The zero-order valence-electron chi connectivity index (χ0n) is 11.4. The van der Waals surface area contributed by atoms with Crippen LogP contribution in [0.1, 0.15) is 15.9 Å². The number of nitrogens with one attached hydrogen (secondary N) is 1. The summed E-state index contributed by atoms with van der Waals surface area (Å²) in [6.07, 6.45) is 3.26. The fourth-order valence-corrected chi connectivity index (χ4v) is 1.68. The van der Waals surface area contributed by atoms with Crippen LogP contribution in [0.3, 0.4) is 0 Å². The van der Waals surface area contributed by atoms with Gasteiger partial charge in [-0.15, -0.1) is 13.2 Å². The highest BCUT2D eigenvalue weighted by Crippen LogP contribution is 2.17. The van der Waals surface area contributed by atoms with Gasteiger partial charge in [-0.3, -0.25) is 0 Å². The molecule has 0 aliphatic carbocycles. The second-order valence-corrected chi connectivity index (χ2v) is 4.25. The third-order valence-corrected chi connectivity index (χ3v) is 2.70. The molecule has 0 aliphatic heterocycles. The van der Waals surface area contributed by atoms with E-state index in [1.807, 2.05) is 0 Å². The molecular formula is C15H18N2O3. The number of nitrogens with zero attached hydrogens (tertiary/aromatic N) is 1. The molecule has 0 atom stereocenters. The topological polar surface area (TPSA) is 69.6 Å². The lowest BCUT2D eigenvalue weighted by molar-refractivity contribution is 0.0697. The van der Waals surface area contributed by atoms with Crippen LogP contribution in [0, 0.1) is 6.92 Å². The molecule has 1 rings (SSSR count). The number of aryl methyl sites for hydroxylation is 1. The van der Waals surface area contributed by atoms with Crippen molar-refractivity contribution in [1.29, 1.82) is 0 Å². The molecular weight excluding hydrogens is 256 g/mol. The van der Waals surface area contributed by atoms with Gasteiger partial charge in [0.15, 0.2) is 0 Å². The van der Waals surface area contributed by atoms with Gasteiger partial charge in [0.2, 0.25) is 0 Å². The van der Waals surface area contributed by atoms with E-state index in [1.54, 1.807) is 25.1 Å². The zero-order valence-corrected chi connectivity index (χ0v) is 11.4. The van der Waals surface area contributed by atoms with Gasteiger partial charge in [-0.05, 0) is 30.7 Å². The van der Waals surface area contributed by atoms with Crippen LogP contribution in [0.25, 0.3) is 0 Å². The summed E-state index contributed by atoms with van der Waals surface area (Å²) in [5, 5.41) is 11.6. The van der Waals surface area contributed by atoms with E-state index in [4.69, 9.17) is 5.11 Å². The summed E-state index contributed by atoms with van der Waals surface area (Å²) < 4.78 is 0. The van der Waals surface area contributed by atoms with Gasteiger partial charge in [0.25, 0.3) is 0 Å². The van der Waals surface area contributed by atoms with Gasteiger partial charge in [0.05, 0.1) is 5.56 Å². The van der Waals surface area contributed by atoms with E-state index in [2.05, 4.69) is 18.5 Å². The average molecular weight is 274 g/mol. The van der Waals surface area contributed by atoms with E-state index in [1.165, 1.54) is 17.0 Å². The van der Waals surface area contributed by atoms with Crippen molar-refractivity contribution in [3.8, 4) is 0 Å². The maximum Gasteiger partial charge on any atom is 0.335 e. The normalized spacial score (nSPS) is 9.65. The Morgan fingerprint density at radius 3 is 2.35 bits per heavy atom. The molecule has 0 fully saturated rings. The minimum absolute atomic E-state index is 0.189. The molecule has 0 bridgehead atoms. The summed E-state index contributed by atoms with van der Waals surface area (Å²) in [4.78, 5) is 24.4. The van der Waals surface area contributed by atoms with Crippen molar-refractivity contribution in [2.75, 3.05) is 18.4 Å². The second kappa shape index (κ2) is 7.13. The maximum absolute atomic E-state index is 12.1. The first-order chi connectivity index (χ1) is 9.49. The molecule has 0 spiro atoms. The predicted molar refractivity (Wildman–Crippen MR) is 79.1 cm³/mol. The summed E-state index contributed by atoms with van der Waals surface area (Å²) in [6, 6.07) is 4.27. The van der Waals surface area contributed by atoms with Crippen molar-refractivity contribution in [2.24, 2.45) is 0 Å². The van der Waals surface area contributed by atoms with Gasteiger partial charge in [0.1, 0.15) is 0 Å². The Labute approximate surface area is 118 Å². The summed E-state index contributed by atoms with van der Waals surface area (Å²) in [5.74, 6) is -0.995. The lowest BCUT2D eigenvalue weighted by Gasteiger charge is -2.20. The number of rotatable bonds is 6. The van der Waals surface area contributed by atoms with Crippen LogP contribution in [-0.4, -0.2) is 35.1 Å². The summed E-state index contributed by atoms with van der Waals surface area (Å²) in [7, 11) is 0. The number of carbonyl (C=O) groups is 2. The molecule has 0 aromatic heterocycles. The molecule has 1 aromatic carbocycles. The molecule has 0 saturated heterocycles. The van der Waals surface area contributed by atoms with Crippen molar-refractivity contribution in [3.05, 3.63) is 54.6 Å². The van der Waals surface area contributed by atoms with Crippen LogP contribution < -0.4 is 5.32 Å². The fourth-order valence-electron chi connectivity index (χ4n) is 1.68. The Morgan fingerprint density at radius 2 is 1.90 bits per heavy atom. The van der Waals surface area contributed by atoms with Crippen LogP contribution in [0.4, 0.5) is 10.5 Å². The Morgan fingerprint density at radius 1 is 1.30 bits per heavy atom. The monoisotopic (exact) mass is 274 g/mol. The van der Waals surface area contributed by atoms with Gasteiger partial charge < -0.3 is 15.3 Å². The smallest absolute Gasteiger partial charge is 0.335 e. The average Bonchev–Trinajstić information content (AvgIpc) is 2.40. The number of hydrogen-bond donors (Lipinski definition) is 2. The van der Waals surface area contributed by atoms with E-state index in [0.717, 1.165) is 0 Å². The summed E-state index contributed by atoms with van der Waals surface area (Å²) in [5.41, 5.74) is 1.46. The van der Waals surface area contributed by atoms with Crippen molar-refractivity contribution in [2.45, 2.75) is 6.92 Å². The third-order valence-electron chi connectivity index (χ3n) is 2.70. The van der Waals surface area contributed by atoms with Crippen LogP contribution in [0.5, 0.6) is 0 Å². The quantitative estimate of drug-likeness (QED) is 0.784. The first-order valence-electron chi connectivity index (χ1n) is 6.11. The van der Waals surface area contributed by atoms with Gasteiger partial charge in [-0.2, -0.15) is 0 Å². The Kier molecular flexibility index (Phi) is 5.53. The first kappa shape index (κ1) is 15.5. The minimum atomic E-state index is -0.995. The number of carbonyl (C=O) groups excluding carboxylic acids is 1. The number of anilines is 1. The zero-order chi connectivity index (χ0) is 15.1. The van der Waals surface area contributed by atoms with Crippen molar-refractivity contribution in [3.63, 3.8) is 0 Å². The lowest BCUT2D eigenvalue weighted by Crippen LogP contribution is -2.35. The van der Waals surface area contributed by atoms with E-state index in [-0.39, 0.29) is 11.6 Å². The highest BCUT2D eigenvalue weighted by atomic mass is 16.4.